The molecule has 1 aromatic rings. The van der Waals surface area contributed by atoms with Crippen molar-refractivity contribution in [3.8, 4) is 0 Å². The molecular weight excluding hydrogens is 291 g/mol. The van der Waals surface area contributed by atoms with Crippen molar-refractivity contribution in [3.63, 3.8) is 0 Å². The van der Waals surface area contributed by atoms with E-state index < -0.39 is 33.5 Å². The summed E-state index contributed by atoms with van der Waals surface area (Å²) in [6, 6.07) is 3.15. The van der Waals surface area contributed by atoms with Gasteiger partial charge in [0.2, 0.25) is 0 Å². The van der Waals surface area contributed by atoms with Gasteiger partial charge in [-0.3, -0.25) is 14.6 Å². The van der Waals surface area contributed by atoms with Gasteiger partial charge < -0.3 is 4.74 Å². The third-order valence-electron chi connectivity index (χ3n) is 1.85. The van der Waals surface area contributed by atoms with Crippen LogP contribution < -0.4 is 10.0 Å². The number of carbonyl (C=O) groups is 1. The van der Waals surface area contributed by atoms with Crippen LogP contribution in [0.3, 0.4) is 0 Å². The molecule has 0 saturated heterocycles. The van der Waals surface area contributed by atoms with Gasteiger partial charge in [0.1, 0.15) is 11.4 Å². The van der Waals surface area contributed by atoms with Crippen LogP contribution in [-0.4, -0.2) is 24.7 Å². The summed E-state index contributed by atoms with van der Waals surface area (Å²) >= 11 is 0. The van der Waals surface area contributed by atoms with Gasteiger partial charge in [0.25, 0.3) is 0 Å². The first-order chi connectivity index (χ1) is 8.96. The Kier molecular flexibility index (Phi) is 4.56. The molecule has 1 rings (SSSR count). The van der Waals surface area contributed by atoms with Crippen molar-refractivity contribution in [2.24, 2.45) is 0 Å². The lowest BCUT2D eigenvalue weighted by Crippen LogP contribution is -2.27. The molecule has 1 aromatic carbocycles. The van der Waals surface area contributed by atoms with Crippen molar-refractivity contribution in [2.75, 3.05) is 10.0 Å². The second-order valence-corrected chi connectivity index (χ2v) is 6.05. The summed E-state index contributed by atoms with van der Waals surface area (Å²) in [6.07, 6.45) is -0.776. The zero-order valence-corrected chi connectivity index (χ0v) is 11.9. The van der Waals surface area contributed by atoms with Crippen molar-refractivity contribution in [2.45, 2.75) is 26.4 Å². The fourth-order valence-electron chi connectivity index (χ4n) is 1.24. The third kappa shape index (κ3) is 5.85. The van der Waals surface area contributed by atoms with Gasteiger partial charge in [0.05, 0.1) is 5.69 Å². The van der Waals surface area contributed by atoms with Gasteiger partial charge in [-0.25, -0.2) is 9.18 Å². The molecule has 9 heteroatoms. The number of halogens is 1. The summed E-state index contributed by atoms with van der Waals surface area (Å²) in [7, 11) is -4.61. The molecular formula is C11H15FN2O5S. The lowest BCUT2D eigenvalue weighted by Gasteiger charge is -2.19. The van der Waals surface area contributed by atoms with Crippen molar-refractivity contribution < 1.29 is 26.9 Å². The molecule has 0 spiro atoms. The molecule has 0 aliphatic heterocycles. The summed E-state index contributed by atoms with van der Waals surface area (Å²) in [4.78, 5) is 11.5. The monoisotopic (exact) mass is 306 g/mol. The van der Waals surface area contributed by atoms with E-state index >= 15 is 0 Å². The van der Waals surface area contributed by atoms with E-state index in [0.29, 0.717) is 0 Å². The highest BCUT2D eigenvalue weighted by Gasteiger charge is 2.17. The van der Waals surface area contributed by atoms with Crippen molar-refractivity contribution in [1.29, 1.82) is 0 Å². The Bertz CT molecular complexity index is 610. The van der Waals surface area contributed by atoms with Gasteiger partial charge in [-0.2, -0.15) is 8.42 Å². The third-order valence-corrected chi connectivity index (χ3v) is 2.33. The Morgan fingerprint density at radius 1 is 1.35 bits per heavy atom. The predicted octanol–water partition coefficient (Wildman–Crippen LogP) is 2.39. The van der Waals surface area contributed by atoms with Gasteiger partial charge >= 0.3 is 16.4 Å². The minimum Gasteiger partial charge on any atom is -0.444 e. The minimum atomic E-state index is -4.61. The molecule has 0 saturated carbocycles. The van der Waals surface area contributed by atoms with E-state index in [0.717, 1.165) is 12.1 Å². The Balaban J connectivity index is 2.88. The SMILES string of the molecule is CC(C)(C)OC(=O)Nc1ccc(F)c(NS(=O)(=O)O)c1. The highest BCUT2D eigenvalue weighted by Crippen LogP contribution is 2.21. The van der Waals surface area contributed by atoms with E-state index in [1.54, 1.807) is 25.5 Å². The molecule has 20 heavy (non-hydrogen) atoms. The van der Waals surface area contributed by atoms with Crippen LogP contribution in [0.25, 0.3) is 0 Å². The fraction of sp³-hybridized carbons (Fsp3) is 0.364. The lowest BCUT2D eigenvalue weighted by molar-refractivity contribution is 0.0636. The molecule has 0 radical (unpaired) electrons. The molecule has 0 atom stereocenters. The summed E-state index contributed by atoms with van der Waals surface area (Å²) in [5, 5.41) is 2.31. The number of hydrogen-bond acceptors (Lipinski definition) is 4. The van der Waals surface area contributed by atoms with Gasteiger partial charge in [0.15, 0.2) is 0 Å². The predicted molar refractivity (Wildman–Crippen MR) is 71.4 cm³/mol. The Morgan fingerprint density at radius 2 is 1.95 bits per heavy atom. The molecule has 1 amide bonds. The number of ether oxygens (including phenoxy) is 1. The average molecular weight is 306 g/mol. The summed E-state index contributed by atoms with van der Waals surface area (Å²) < 4.78 is 49.8. The van der Waals surface area contributed by atoms with Crippen LogP contribution in [0.2, 0.25) is 0 Å². The number of rotatable bonds is 3. The number of nitrogens with one attached hydrogen (secondary N) is 2. The van der Waals surface area contributed by atoms with Crippen LogP contribution in [0.1, 0.15) is 20.8 Å². The van der Waals surface area contributed by atoms with E-state index in [1.165, 1.54) is 6.07 Å². The van der Waals surface area contributed by atoms with E-state index in [9.17, 15) is 17.6 Å². The Hall–Kier alpha value is -1.87. The van der Waals surface area contributed by atoms with Crippen LogP contribution in [0, 0.1) is 5.82 Å². The zero-order valence-electron chi connectivity index (χ0n) is 11.1. The number of hydrogen-bond donors (Lipinski definition) is 3. The van der Waals surface area contributed by atoms with Crippen molar-refractivity contribution in [3.05, 3.63) is 24.0 Å². The van der Waals surface area contributed by atoms with Crippen LogP contribution in [-0.2, 0) is 15.0 Å². The van der Waals surface area contributed by atoms with Gasteiger partial charge in [-0.1, -0.05) is 0 Å². The molecule has 0 fully saturated rings. The molecule has 0 bridgehead atoms. The molecule has 0 aromatic heterocycles. The molecule has 0 heterocycles. The molecule has 0 unspecified atom stereocenters. The quantitative estimate of drug-likeness (QED) is 0.744. The van der Waals surface area contributed by atoms with Gasteiger partial charge in [-0.05, 0) is 39.0 Å². The largest absolute Gasteiger partial charge is 0.444 e. The second-order valence-electron chi connectivity index (χ2n) is 4.90. The number of benzene rings is 1. The summed E-state index contributed by atoms with van der Waals surface area (Å²) in [5.41, 5.74) is -1.10. The first-order valence-corrected chi connectivity index (χ1v) is 6.95. The fourth-order valence-corrected chi connectivity index (χ4v) is 1.68. The average Bonchev–Trinajstić information content (AvgIpc) is 2.18. The maximum atomic E-state index is 13.3. The minimum absolute atomic E-state index is 0.104. The highest BCUT2D eigenvalue weighted by atomic mass is 32.2. The number of anilines is 2. The van der Waals surface area contributed by atoms with E-state index in [2.05, 4.69) is 5.32 Å². The van der Waals surface area contributed by atoms with E-state index in [1.807, 2.05) is 0 Å². The second kappa shape index (κ2) is 5.63. The lowest BCUT2D eigenvalue weighted by atomic mass is 10.2. The summed E-state index contributed by atoms with van der Waals surface area (Å²) in [5.74, 6) is -0.905. The zero-order chi connectivity index (χ0) is 15.6. The first kappa shape index (κ1) is 16.2. The highest BCUT2D eigenvalue weighted by molar-refractivity contribution is 7.87. The molecule has 3 N–H and O–H groups in total. The normalized spacial score (nSPS) is 11.8. The van der Waals surface area contributed by atoms with Crippen LogP contribution >= 0.6 is 0 Å². The van der Waals surface area contributed by atoms with E-state index in [4.69, 9.17) is 9.29 Å². The number of carbonyl (C=O) groups excluding carboxylic acids is 1. The Labute approximate surface area is 116 Å². The van der Waals surface area contributed by atoms with Crippen molar-refractivity contribution >= 4 is 27.8 Å². The van der Waals surface area contributed by atoms with Crippen LogP contribution in [0.4, 0.5) is 20.6 Å². The van der Waals surface area contributed by atoms with Crippen LogP contribution in [0.15, 0.2) is 18.2 Å². The van der Waals surface area contributed by atoms with E-state index in [-0.39, 0.29) is 5.69 Å². The Morgan fingerprint density at radius 3 is 2.45 bits per heavy atom. The molecule has 112 valence electrons. The summed E-state index contributed by atoms with van der Waals surface area (Å²) in [6.45, 7) is 5.01. The topological polar surface area (TPSA) is 105 Å². The van der Waals surface area contributed by atoms with Gasteiger partial charge in [-0.15, -0.1) is 0 Å². The van der Waals surface area contributed by atoms with Gasteiger partial charge in [0, 0.05) is 5.69 Å². The van der Waals surface area contributed by atoms with Crippen LogP contribution in [0.5, 0.6) is 0 Å². The molecule has 7 nitrogen and oxygen atoms in total. The number of amides is 1. The molecule has 0 aliphatic rings. The van der Waals surface area contributed by atoms with Crippen molar-refractivity contribution in [1.82, 2.24) is 0 Å². The maximum Gasteiger partial charge on any atom is 0.412 e. The standard InChI is InChI=1S/C11H15FN2O5S/c1-11(2,3)19-10(15)13-7-4-5-8(12)9(6-7)14-20(16,17)18/h4-6,14H,1-3H3,(H,13,15)(H,16,17,18). The molecule has 0 aliphatic carbocycles. The first-order valence-electron chi connectivity index (χ1n) is 5.51. The smallest absolute Gasteiger partial charge is 0.412 e. The maximum absolute atomic E-state index is 13.3.